The number of amides is 1. The molecule has 2 heterocycles. The minimum atomic E-state index is -0.633. The fourth-order valence-electron chi connectivity index (χ4n) is 2.70. The average molecular weight is 403 g/mol. The van der Waals surface area contributed by atoms with Crippen molar-refractivity contribution in [3.63, 3.8) is 0 Å². The molecule has 146 valence electrons. The normalized spacial score (nSPS) is 10.9. The highest BCUT2D eigenvalue weighted by Gasteiger charge is 2.15. The van der Waals surface area contributed by atoms with Gasteiger partial charge in [-0.3, -0.25) is 4.79 Å². The van der Waals surface area contributed by atoms with Crippen LogP contribution in [0, 0.1) is 25.5 Å². The molecule has 0 saturated carbocycles. The van der Waals surface area contributed by atoms with Crippen LogP contribution < -0.4 is 5.32 Å². The van der Waals surface area contributed by atoms with E-state index in [1.54, 1.807) is 18.3 Å². The largest absolute Gasteiger partial charge is 0.361 e. The van der Waals surface area contributed by atoms with Gasteiger partial charge in [0.2, 0.25) is 0 Å². The van der Waals surface area contributed by atoms with Crippen molar-refractivity contribution in [1.82, 2.24) is 15.5 Å². The van der Waals surface area contributed by atoms with Gasteiger partial charge in [-0.25, -0.2) is 13.8 Å². The van der Waals surface area contributed by atoms with E-state index in [4.69, 9.17) is 4.52 Å². The Morgan fingerprint density at radius 2 is 1.96 bits per heavy atom. The molecule has 3 rings (SSSR count). The third-order valence-electron chi connectivity index (χ3n) is 4.17. The van der Waals surface area contributed by atoms with Gasteiger partial charge in [-0.2, -0.15) is 0 Å². The highest BCUT2D eigenvalue weighted by molar-refractivity contribution is 7.98. The molecule has 0 aliphatic rings. The lowest BCUT2D eigenvalue weighted by atomic mass is 10.1. The molecular weight excluding hydrogens is 384 g/mol. The predicted molar refractivity (Wildman–Crippen MR) is 102 cm³/mol. The fraction of sp³-hybridized carbons (Fsp3) is 0.250. The van der Waals surface area contributed by atoms with Crippen LogP contribution in [0.2, 0.25) is 0 Å². The SMILES string of the molecule is Cc1noc(C)c1CSc1ncccc1C(=O)NCCc1cc(F)cc(F)c1. The Morgan fingerprint density at radius 3 is 2.64 bits per heavy atom. The monoisotopic (exact) mass is 403 g/mol. The number of aromatic nitrogens is 2. The van der Waals surface area contributed by atoms with E-state index < -0.39 is 11.6 Å². The van der Waals surface area contributed by atoms with Gasteiger partial charge in [0.25, 0.3) is 5.91 Å². The molecule has 0 spiro atoms. The summed E-state index contributed by atoms with van der Waals surface area (Å²) >= 11 is 1.42. The summed E-state index contributed by atoms with van der Waals surface area (Å²) in [6, 6.07) is 6.71. The van der Waals surface area contributed by atoms with Gasteiger partial charge >= 0.3 is 0 Å². The molecule has 1 amide bonds. The van der Waals surface area contributed by atoms with E-state index in [0.29, 0.717) is 28.3 Å². The number of carbonyl (C=O) groups is 1. The number of thioether (sulfide) groups is 1. The topological polar surface area (TPSA) is 68.0 Å². The molecule has 2 aromatic heterocycles. The lowest BCUT2D eigenvalue weighted by molar-refractivity contribution is 0.0950. The maximum atomic E-state index is 13.2. The van der Waals surface area contributed by atoms with Crippen molar-refractivity contribution in [2.45, 2.75) is 31.0 Å². The van der Waals surface area contributed by atoms with E-state index in [1.165, 1.54) is 23.9 Å². The molecule has 0 unspecified atom stereocenters. The summed E-state index contributed by atoms with van der Waals surface area (Å²) in [5.41, 5.74) is 2.73. The molecule has 0 fully saturated rings. The van der Waals surface area contributed by atoms with Gasteiger partial charge in [-0.05, 0) is 50.1 Å². The van der Waals surface area contributed by atoms with Crippen molar-refractivity contribution in [3.8, 4) is 0 Å². The molecule has 0 atom stereocenters. The van der Waals surface area contributed by atoms with Crippen LogP contribution in [0.1, 0.15) is 32.9 Å². The molecule has 0 radical (unpaired) electrons. The lowest BCUT2D eigenvalue weighted by Crippen LogP contribution is -2.26. The molecule has 1 N–H and O–H groups in total. The number of aryl methyl sites for hydroxylation is 2. The molecule has 1 aromatic carbocycles. The minimum absolute atomic E-state index is 0.255. The summed E-state index contributed by atoms with van der Waals surface area (Å²) in [5, 5.41) is 7.30. The van der Waals surface area contributed by atoms with E-state index in [9.17, 15) is 13.6 Å². The van der Waals surface area contributed by atoms with E-state index in [-0.39, 0.29) is 12.5 Å². The quantitative estimate of drug-likeness (QED) is 0.598. The third-order valence-corrected chi connectivity index (χ3v) is 5.20. The van der Waals surface area contributed by atoms with E-state index in [0.717, 1.165) is 23.1 Å². The molecule has 0 aliphatic heterocycles. The van der Waals surface area contributed by atoms with Crippen molar-refractivity contribution >= 4 is 17.7 Å². The third kappa shape index (κ3) is 4.95. The molecule has 8 heteroatoms. The van der Waals surface area contributed by atoms with Crippen LogP contribution in [0.15, 0.2) is 46.1 Å². The molecule has 3 aromatic rings. The minimum Gasteiger partial charge on any atom is -0.361 e. The van der Waals surface area contributed by atoms with Crippen molar-refractivity contribution in [1.29, 1.82) is 0 Å². The van der Waals surface area contributed by atoms with Gasteiger partial charge in [-0.1, -0.05) is 5.16 Å². The predicted octanol–water partition coefficient (Wildman–Crippen LogP) is 4.23. The summed E-state index contributed by atoms with van der Waals surface area (Å²) in [7, 11) is 0. The Bertz CT molecular complexity index is 952. The number of hydrogen-bond acceptors (Lipinski definition) is 5. The molecular formula is C20H19F2N3O2S. The van der Waals surface area contributed by atoms with Crippen molar-refractivity contribution in [3.05, 3.63) is 76.3 Å². The number of nitrogens with one attached hydrogen (secondary N) is 1. The number of rotatable bonds is 7. The van der Waals surface area contributed by atoms with Crippen LogP contribution in [-0.2, 0) is 12.2 Å². The molecule has 28 heavy (non-hydrogen) atoms. The van der Waals surface area contributed by atoms with Crippen molar-refractivity contribution < 1.29 is 18.1 Å². The second-order valence-electron chi connectivity index (χ2n) is 6.23. The van der Waals surface area contributed by atoms with Gasteiger partial charge in [0.1, 0.15) is 22.4 Å². The average Bonchev–Trinajstić information content (AvgIpc) is 2.97. The first kappa shape index (κ1) is 20.0. The Morgan fingerprint density at radius 1 is 1.21 bits per heavy atom. The zero-order valence-corrected chi connectivity index (χ0v) is 16.3. The van der Waals surface area contributed by atoms with Crippen LogP contribution in [0.5, 0.6) is 0 Å². The summed E-state index contributed by atoms with van der Waals surface area (Å²) in [6.45, 7) is 3.97. The number of benzene rings is 1. The van der Waals surface area contributed by atoms with Crippen LogP contribution in [0.25, 0.3) is 0 Å². The van der Waals surface area contributed by atoms with Crippen LogP contribution in [-0.4, -0.2) is 22.6 Å². The number of carbonyl (C=O) groups excluding carboxylic acids is 1. The van der Waals surface area contributed by atoms with Crippen molar-refractivity contribution in [2.75, 3.05) is 6.54 Å². The number of hydrogen-bond donors (Lipinski definition) is 1. The van der Waals surface area contributed by atoms with Crippen LogP contribution in [0.4, 0.5) is 8.78 Å². The molecule has 0 saturated heterocycles. The van der Waals surface area contributed by atoms with E-state index >= 15 is 0 Å². The maximum absolute atomic E-state index is 13.2. The van der Waals surface area contributed by atoms with Gasteiger partial charge in [0.15, 0.2) is 0 Å². The maximum Gasteiger partial charge on any atom is 0.254 e. The van der Waals surface area contributed by atoms with Crippen molar-refractivity contribution in [2.24, 2.45) is 0 Å². The smallest absolute Gasteiger partial charge is 0.254 e. The second-order valence-corrected chi connectivity index (χ2v) is 7.20. The van der Waals surface area contributed by atoms with Gasteiger partial charge in [0.05, 0.1) is 11.3 Å². The highest BCUT2D eigenvalue weighted by atomic mass is 32.2. The van der Waals surface area contributed by atoms with Crippen LogP contribution in [0.3, 0.4) is 0 Å². The first-order valence-corrected chi connectivity index (χ1v) is 9.65. The summed E-state index contributed by atoms with van der Waals surface area (Å²) in [5.74, 6) is -0.222. The van der Waals surface area contributed by atoms with Gasteiger partial charge < -0.3 is 9.84 Å². The van der Waals surface area contributed by atoms with Gasteiger partial charge in [-0.15, -0.1) is 11.8 Å². The molecule has 0 aliphatic carbocycles. The molecule has 5 nitrogen and oxygen atoms in total. The Balaban J connectivity index is 1.62. The first-order chi connectivity index (χ1) is 13.4. The zero-order valence-electron chi connectivity index (χ0n) is 15.5. The summed E-state index contributed by atoms with van der Waals surface area (Å²) in [4.78, 5) is 16.8. The Labute approximate surface area is 165 Å². The lowest BCUT2D eigenvalue weighted by Gasteiger charge is -2.09. The summed E-state index contributed by atoms with van der Waals surface area (Å²) in [6.07, 6.45) is 1.95. The standard InChI is InChI=1S/C20H19F2N3O2S/c1-12-18(13(2)27-25-12)11-28-20-17(4-3-6-24-20)19(26)23-7-5-14-8-15(21)10-16(22)9-14/h3-4,6,8-10H,5,7,11H2,1-2H3,(H,23,26). The van der Waals surface area contributed by atoms with Crippen LogP contribution >= 0.6 is 11.8 Å². The fourth-order valence-corrected chi connectivity index (χ4v) is 3.84. The van der Waals surface area contributed by atoms with E-state index in [2.05, 4.69) is 15.5 Å². The second kappa shape index (κ2) is 8.97. The zero-order chi connectivity index (χ0) is 20.1. The highest BCUT2D eigenvalue weighted by Crippen LogP contribution is 2.27. The summed E-state index contributed by atoms with van der Waals surface area (Å²) < 4.78 is 31.6. The Hall–Kier alpha value is -2.74. The first-order valence-electron chi connectivity index (χ1n) is 8.67. The number of halogens is 2. The Kier molecular flexibility index (Phi) is 6.41. The van der Waals surface area contributed by atoms with E-state index in [1.807, 2.05) is 13.8 Å². The molecule has 0 bridgehead atoms. The number of nitrogens with zero attached hydrogens (tertiary/aromatic N) is 2. The number of pyridine rings is 1. The van der Waals surface area contributed by atoms with Gasteiger partial charge in [0, 0.05) is 30.1 Å².